The number of morpholine rings is 2. The molecule has 3 aromatic rings. The number of nitrogens with one attached hydrogen (secondary N) is 1. The number of benzene rings is 1. The lowest BCUT2D eigenvalue weighted by Gasteiger charge is -2.27. The summed E-state index contributed by atoms with van der Waals surface area (Å²) in [6.45, 7) is 9.59. The van der Waals surface area contributed by atoms with Crippen molar-refractivity contribution in [2.45, 2.75) is 13.3 Å². The molecule has 2 saturated heterocycles. The molecule has 2 aliphatic rings. The molecule has 0 bridgehead atoms. The molecular weight excluding hydrogens is 458 g/mol. The molecule has 0 spiro atoms. The largest absolute Gasteiger partial charge is 0.379 e. The minimum absolute atomic E-state index is 0.104. The van der Waals surface area contributed by atoms with Crippen molar-refractivity contribution in [3.8, 4) is 11.1 Å². The number of anilines is 1. The molecule has 2 aliphatic heterocycles. The molecule has 5 rings (SSSR count). The van der Waals surface area contributed by atoms with Gasteiger partial charge in [0.15, 0.2) is 0 Å². The van der Waals surface area contributed by atoms with Crippen LogP contribution in [-0.4, -0.2) is 92.0 Å². The van der Waals surface area contributed by atoms with E-state index in [2.05, 4.69) is 20.1 Å². The fourth-order valence-corrected chi connectivity index (χ4v) is 4.82. The van der Waals surface area contributed by atoms with Gasteiger partial charge in [0, 0.05) is 74.1 Å². The van der Waals surface area contributed by atoms with E-state index < -0.39 is 0 Å². The third kappa shape index (κ3) is 5.43. The van der Waals surface area contributed by atoms with Gasteiger partial charge in [0.05, 0.1) is 31.9 Å². The maximum atomic E-state index is 12.8. The number of nitrogens with zero attached hydrogens (tertiary/aromatic N) is 4. The molecule has 1 aromatic carbocycles. The number of aromatic nitrogens is 2. The number of pyridine rings is 1. The van der Waals surface area contributed by atoms with Crippen LogP contribution in [0.15, 0.2) is 42.7 Å². The summed E-state index contributed by atoms with van der Waals surface area (Å²) in [5.41, 5.74) is 3.11. The number of rotatable bonds is 7. The van der Waals surface area contributed by atoms with Gasteiger partial charge in [-0.2, -0.15) is 0 Å². The first-order chi connectivity index (χ1) is 17.6. The Hall–Kier alpha value is -3.27. The fraction of sp³-hybridized carbons (Fsp3) is 0.444. The Bertz CT molecular complexity index is 1210. The van der Waals surface area contributed by atoms with Gasteiger partial charge in [0.1, 0.15) is 5.82 Å². The second-order valence-electron chi connectivity index (χ2n) is 9.23. The molecule has 190 valence electrons. The van der Waals surface area contributed by atoms with Crippen LogP contribution in [0.5, 0.6) is 0 Å². The summed E-state index contributed by atoms with van der Waals surface area (Å²) in [7, 11) is 0. The molecule has 2 fully saturated rings. The number of fused-ring (bicyclic) bond motifs is 1. The molecule has 1 N–H and O–H groups in total. The minimum atomic E-state index is -0.131. The predicted molar refractivity (Wildman–Crippen MR) is 139 cm³/mol. The smallest absolute Gasteiger partial charge is 0.251 e. The molecule has 4 heterocycles. The molecule has 2 aromatic heterocycles. The zero-order valence-electron chi connectivity index (χ0n) is 20.7. The van der Waals surface area contributed by atoms with E-state index in [1.165, 1.54) is 6.92 Å². The third-order valence-electron chi connectivity index (χ3n) is 6.84. The van der Waals surface area contributed by atoms with Crippen molar-refractivity contribution in [2.75, 3.05) is 70.6 Å². The van der Waals surface area contributed by atoms with Gasteiger partial charge in [-0.25, -0.2) is 4.98 Å². The molecular formula is C27H33N5O4. The zero-order valence-corrected chi connectivity index (χ0v) is 20.7. The normalized spacial score (nSPS) is 16.9. The molecule has 0 aliphatic carbocycles. The molecule has 9 nitrogen and oxygen atoms in total. The van der Waals surface area contributed by atoms with Crippen molar-refractivity contribution in [1.82, 2.24) is 19.8 Å². The Morgan fingerprint density at radius 3 is 2.44 bits per heavy atom. The Labute approximate surface area is 211 Å². The maximum Gasteiger partial charge on any atom is 0.251 e. The first-order valence-electron chi connectivity index (χ1n) is 12.6. The second kappa shape index (κ2) is 11.2. The van der Waals surface area contributed by atoms with Crippen LogP contribution < -0.4 is 10.2 Å². The van der Waals surface area contributed by atoms with Gasteiger partial charge in [-0.15, -0.1) is 0 Å². The second-order valence-corrected chi connectivity index (χ2v) is 9.23. The zero-order chi connectivity index (χ0) is 24.9. The van der Waals surface area contributed by atoms with Crippen LogP contribution in [0.3, 0.4) is 0 Å². The highest BCUT2D eigenvalue weighted by Crippen LogP contribution is 2.32. The van der Waals surface area contributed by atoms with Gasteiger partial charge in [-0.3, -0.25) is 19.1 Å². The van der Waals surface area contributed by atoms with E-state index in [9.17, 15) is 9.59 Å². The highest BCUT2D eigenvalue weighted by Gasteiger charge is 2.17. The Morgan fingerprint density at radius 2 is 1.75 bits per heavy atom. The van der Waals surface area contributed by atoms with Gasteiger partial charge < -0.3 is 19.7 Å². The van der Waals surface area contributed by atoms with E-state index in [4.69, 9.17) is 9.47 Å². The van der Waals surface area contributed by atoms with Crippen molar-refractivity contribution < 1.29 is 19.1 Å². The number of hydrogen-bond donors (Lipinski definition) is 1. The lowest BCUT2D eigenvalue weighted by molar-refractivity contribution is 0.0374. The predicted octanol–water partition coefficient (Wildman–Crippen LogP) is 2.65. The third-order valence-corrected chi connectivity index (χ3v) is 6.84. The standard InChI is InChI=1S/C27H33N5O4/c1-20(33)32-19-24(22-4-6-26(29-18-22)31-11-15-36-16-12-31)23-5-3-21(17-25(23)32)27(34)28-7-2-8-30-9-13-35-14-10-30/h3-6,17-19H,2,7-16H2,1H3,(H,28,34). The van der Waals surface area contributed by atoms with Crippen LogP contribution in [-0.2, 0) is 9.47 Å². The highest BCUT2D eigenvalue weighted by molar-refractivity contribution is 6.05. The van der Waals surface area contributed by atoms with Crippen LogP contribution in [0.1, 0.15) is 28.5 Å². The minimum Gasteiger partial charge on any atom is -0.379 e. The molecule has 9 heteroatoms. The van der Waals surface area contributed by atoms with Crippen LogP contribution in [0.25, 0.3) is 22.0 Å². The molecule has 1 amide bonds. The van der Waals surface area contributed by atoms with Crippen LogP contribution >= 0.6 is 0 Å². The quantitative estimate of drug-likeness (QED) is 0.509. The first kappa shape index (κ1) is 24.4. The Morgan fingerprint density at radius 1 is 1.00 bits per heavy atom. The summed E-state index contributed by atoms with van der Waals surface area (Å²) in [5, 5.41) is 3.93. The van der Waals surface area contributed by atoms with Crippen LogP contribution in [0, 0.1) is 0 Å². The van der Waals surface area contributed by atoms with E-state index in [-0.39, 0.29) is 11.8 Å². The van der Waals surface area contributed by atoms with Crippen molar-refractivity contribution >= 4 is 28.5 Å². The van der Waals surface area contributed by atoms with Crippen molar-refractivity contribution in [2.24, 2.45) is 0 Å². The highest BCUT2D eigenvalue weighted by atomic mass is 16.5. The number of carbonyl (C=O) groups is 2. The molecule has 0 unspecified atom stereocenters. The van der Waals surface area contributed by atoms with Gasteiger partial charge in [0.2, 0.25) is 5.91 Å². The van der Waals surface area contributed by atoms with E-state index in [1.54, 1.807) is 10.6 Å². The number of hydrogen-bond acceptors (Lipinski definition) is 7. The maximum absolute atomic E-state index is 12.8. The lowest BCUT2D eigenvalue weighted by Crippen LogP contribution is -2.38. The van der Waals surface area contributed by atoms with Gasteiger partial charge in [-0.1, -0.05) is 6.07 Å². The number of ether oxygens (including phenoxy) is 2. The van der Waals surface area contributed by atoms with Crippen molar-refractivity contribution in [1.29, 1.82) is 0 Å². The fourth-order valence-electron chi connectivity index (χ4n) is 4.82. The Kier molecular flexibility index (Phi) is 7.60. The SMILES string of the molecule is CC(=O)n1cc(-c2ccc(N3CCOCC3)nc2)c2ccc(C(=O)NCCCN3CCOCC3)cc21. The van der Waals surface area contributed by atoms with E-state index >= 15 is 0 Å². The van der Waals surface area contributed by atoms with Crippen LogP contribution in [0.2, 0.25) is 0 Å². The van der Waals surface area contributed by atoms with Gasteiger partial charge >= 0.3 is 0 Å². The van der Waals surface area contributed by atoms with Crippen molar-refractivity contribution in [3.63, 3.8) is 0 Å². The molecule has 36 heavy (non-hydrogen) atoms. The summed E-state index contributed by atoms with van der Waals surface area (Å²) in [4.78, 5) is 34.5. The molecule has 0 saturated carbocycles. The topological polar surface area (TPSA) is 88.9 Å². The average Bonchev–Trinajstić information content (AvgIpc) is 3.31. The summed E-state index contributed by atoms with van der Waals surface area (Å²) in [6, 6.07) is 9.58. The van der Waals surface area contributed by atoms with Crippen LogP contribution in [0.4, 0.5) is 5.82 Å². The lowest BCUT2D eigenvalue weighted by atomic mass is 10.0. The molecule has 0 radical (unpaired) electrons. The van der Waals surface area contributed by atoms with Crippen molar-refractivity contribution in [3.05, 3.63) is 48.3 Å². The summed E-state index contributed by atoms with van der Waals surface area (Å²) < 4.78 is 12.4. The summed E-state index contributed by atoms with van der Waals surface area (Å²) >= 11 is 0. The Balaban J connectivity index is 1.31. The first-order valence-corrected chi connectivity index (χ1v) is 12.6. The van der Waals surface area contributed by atoms with Gasteiger partial charge in [0.25, 0.3) is 5.91 Å². The summed E-state index contributed by atoms with van der Waals surface area (Å²) in [6.07, 6.45) is 4.57. The van der Waals surface area contributed by atoms with Gasteiger partial charge in [-0.05, 0) is 37.2 Å². The summed E-state index contributed by atoms with van der Waals surface area (Å²) in [5.74, 6) is 0.686. The number of amides is 1. The van der Waals surface area contributed by atoms with E-state index in [1.807, 2.05) is 36.7 Å². The number of carbonyl (C=O) groups excluding carboxylic acids is 2. The van der Waals surface area contributed by atoms with E-state index in [0.717, 1.165) is 80.2 Å². The monoisotopic (exact) mass is 491 g/mol. The van der Waals surface area contributed by atoms with E-state index in [0.29, 0.717) is 25.3 Å². The molecule has 0 atom stereocenters. The average molecular weight is 492 g/mol.